The lowest BCUT2D eigenvalue weighted by molar-refractivity contribution is 0.578. The van der Waals surface area contributed by atoms with Gasteiger partial charge in [0.2, 0.25) is 0 Å². The summed E-state index contributed by atoms with van der Waals surface area (Å²) >= 11 is 0. The molecule has 3 nitrogen and oxygen atoms in total. The summed E-state index contributed by atoms with van der Waals surface area (Å²) < 4.78 is 26.3. The summed E-state index contributed by atoms with van der Waals surface area (Å²) in [7, 11) is 0. The van der Waals surface area contributed by atoms with Gasteiger partial charge in [-0.05, 0) is 49.1 Å². The van der Waals surface area contributed by atoms with Crippen LogP contribution in [0.4, 0.5) is 20.2 Å². The van der Waals surface area contributed by atoms with E-state index in [1.165, 1.54) is 37.1 Å². The zero-order chi connectivity index (χ0) is 16.1. The van der Waals surface area contributed by atoms with Gasteiger partial charge in [0.15, 0.2) is 5.82 Å². The molecule has 1 saturated heterocycles. The first kappa shape index (κ1) is 15.5. The Bertz CT molecular complexity index is 677. The van der Waals surface area contributed by atoms with Crippen LogP contribution >= 0.6 is 0 Å². The van der Waals surface area contributed by atoms with Gasteiger partial charge in [0.05, 0.1) is 11.9 Å². The van der Waals surface area contributed by atoms with Gasteiger partial charge in [0.25, 0.3) is 0 Å². The predicted octanol–water partition coefficient (Wildman–Crippen LogP) is 4.40. The van der Waals surface area contributed by atoms with Crippen LogP contribution in [0.5, 0.6) is 0 Å². The molecular formula is C18H19F2N3. The van der Waals surface area contributed by atoms with Gasteiger partial charge in [-0.15, -0.1) is 0 Å². The molecule has 120 valence electrons. The Morgan fingerprint density at radius 1 is 0.957 bits per heavy atom. The monoisotopic (exact) mass is 315 g/mol. The normalized spacial score (nSPS) is 15.1. The topological polar surface area (TPSA) is 27.6 Å². The molecule has 1 fully saturated rings. The maximum absolute atomic E-state index is 13.5. The molecule has 0 saturated carbocycles. The van der Waals surface area contributed by atoms with Gasteiger partial charge in [-0.25, -0.2) is 8.78 Å². The van der Waals surface area contributed by atoms with Gasteiger partial charge in [-0.3, -0.25) is 5.43 Å². The third kappa shape index (κ3) is 4.06. The smallest absolute Gasteiger partial charge is 0.151 e. The molecule has 0 aliphatic carbocycles. The molecule has 0 amide bonds. The molecule has 5 heteroatoms. The van der Waals surface area contributed by atoms with Crippen molar-refractivity contribution in [1.29, 1.82) is 0 Å². The average molecular weight is 315 g/mol. The van der Waals surface area contributed by atoms with Gasteiger partial charge < -0.3 is 4.90 Å². The Kier molecular flexibility index (Phi) is 4.86. The fraction of sp³-hybridized carbons (Fsp3) is 0.278. The Balaban J connectivity index is 1.61. The van der Waals surface area contributed by atoms with Gasteiger partial charge in [-0.1, -0.05) is 12.1 Å². The van der Waals surface area contributed by atoms with Crippen LogP contribution in [0, 0.1) is 11.6 Å². The van der Waals surface area contributed by atoms with E-state index < -0.39 is 11.6 Å². The van der Waals surface area contributed by atoms with Crippen LogP contribution in [0.1, 0.15) is 24.8 Å². The van der Waals surface area contributed by atoms with Crippen LogP contribution in [0.25, 0.3) is 0 Å². The van der Waals surface area contributed by atoms with E-state index in [4.69, 9.17) is 0 Å². The van der Waals surface area contributed by atoms with Crippen molar-refractivity contribution >= 4 is 17.6 Å². The van der Waals surface area contributed by atoms with E-state index >= 15 is 0 Å². The number of hydrogen-bond acceptors (Lipinski definition) is 3. The molecule has 1 aliphatic rings. The van der Waals surface area contributed by atoms with E-state index in [0.717, 1.165) is 24.7 Å². The summed E-state index contributed by atoms with van der Waals surface area (Å²) in [6.45, 7) is 2.22. The second kappa shape index (κ2) is 7.22. The molecule has 0 unspecified atom stereocenters. The minimum atomic E-state index is -0.664. The number of halogens is 2. The maximum Gasteiger partial charge on any atom is 0.151 e. The minimum absolute atomic E-state index is 0.146. The molecule has 23 heavy (non-hydrogen) atoms. The van der Waals surface area contributed by atoms with Crippen LogP contribution < -0.4 is 10.3 Å². The summed E-state index contributed by atoms with van der Waals surface area (Å²) in [4.78, 5) is 2.39. The van der Waals surface area contributed by atoms with Crippen molar-refractivity contribution in [3.8, 4) is 0 Å². The lowest BCUT2D eigenvalue weighted by atomic mass is 10.1. The lowest BCUT2D eigenvalue weighted by Crippen LogP contribution is -2.29. The molecule has 0 bridgehead atoms. The average Bonchev–Trinajstić information content (AvgIpc) is 2.58. The summed E-state index contributed by atoms with van der Waals surface area (Å²) in [6, 6.07) is 11.4. The largest absolute Gasteiger partial charge is 0.372 e. The molecule has 1 aliphatic heterocycles. The Hall–Kier alpha value is -2.43. The molecule has 0 atom stereocenters. The number of nitrogens with one attached hydrogen (secondary N) is 1. The number of hydrazone groups is 1. The van der Waals surface area contributed by atoms with E-state index in [1.54, 1.807) is 6.21 Å². The van der Waals surface area contributed by atoms with Gasteiger partial charge in [0.1, 0.15) is 5.82 Å². The SMILES string of the molecule is Fc1ccc(N/N=C\c2ccc(N3CCCCC3)cc2)c(F)c1. The number of anilines is 2. The zero-order valence-corrected chi connectivity index (χ0v) is 12.8. The van der Waals surface area contributed by atoms with Gasteiger partial charge in [-0.2, -0.15) is 5.10 Å². The van der Waals surface area contributed by atoms with E-state index in [2.05, 4.69) is 27.6 Å². The van der Waals surface area contributed by atoms with E-state index in [1.807, 2.05) is 12.1 Å². The van der Waals surface area contributed by atoms with E-state index in [0.29, 0.717) is 0 Å². The summed E-state index contributed by atoms with van der Waals surface area (Å²) in [5, 5.41) is 3.99. The number of benzene rings is 2. The highest BCUT2D eigenvalue weighted by molar-refractivity contribution is 5.81. The highest BCUT2D eigenvalue weighted by atomic mass is 19.1. The fourth-order valence-corrected chi connectivity index (χ4v) is 2.68. The summed E-state index contributed by atoms with van der Waals surface area (Å²) in [6.07, 6.45) is 5.42. The van der Waals surface area contributed by atoms with Crippen molar-refractivity contribution < 1.29 is 8.78 Å². The van der Waals surface area contributed by atoms with Crippen molar-refractivity contribution in [3.63, 3.8) is 0 Å². The van der Waals surface area contributed by atoms with Crippen molar-refractivity contribution in [2.24, 2.45) is 5.10 Å². The molecule has 2 aromatic rings. The molecular weight excluding hydrogens is 296 g/mol. The van der Waals surface area contributed by atoms with Gasteiger partial charge in [0, 0.05) is 24.8 Å². The molecule has 1 heterocycles. The number of hydrogen-bond donors (Lipinski definition) is 1. The third-order valence-corrected chi connectivity index (χ3v) is 3.94. The Morgan fingerprint density at radius 3 is 2.39 bits per heavy atom. The highest BCUT2D eigenvalue weighted by Gasteiger charge is 2.10. The van der Waals surface area contributed by atoms with E-state index in [-0.39, 0.29) is 5.69 Å². The maximum atomic E-state index is 13.5. The number of rotatable bonds is 4. The van der Waals surface area contributed by atoms with Crippen molar-refractivity contribution in [2.45, 2.75) is 19.3 Å². The van der Waals surface area contributed by atoms with Crippen LogP contribution in [-0.4, -0.2) is 19.3 Å². The third-order valence-electron chi connectivity index (χ3n) is 3.94. The molecule has 0 aromatic heterocycles. The van der Waals surface area contributed by atoms with Crippen LogP contribution in [0.15, 0.2) is 47.6 Å². The second-order valence-electron chi connectivity index (χ2n) is 5.63. The van der Waals surface area contributed by atoms with Crippen LogP contribution in [0.2, 0.25) is 0 Å². The van der Waals surface area contributed by atoms with Crippen LogP contribution in [-0.2, 0) is 0 Å². The molecule has 0 spiro atoms. The standard InChI is InChI=1S/C18H19F2N3/c19-15-6-9-18(17(20)12-15)22-21-13-14-4-7-16(8-5-14)23-10-2-1-3-11-23/h4-9,12-13,22H,1-3,10-11H2/b21-13-. The van der Waals surface area contributed by atoms with Crippen LogP contribution in [0.3, 0.4) is 0 Å². The molecule has 0 radical (unpaired) electrons. The number of nitrogens with zero attached hydrogens (tertiary/aromatic N) is 2. The molecule has 1 N–H and O–H groups in total. The highest BCUT2D eigenvalue weighted by Crippen LogP contribution is 2.20. The summed E-state index contributed by atoms with van der Waals surface area (Å²) in [5.74, 6) is -1.27. The Labute approximate surface area is 134 Å². The van der Waals surface area contributed by atoms with Crippen molar-refractivity contribution in [2.75, 3.05) is 23.4 Å². The minimum Gasteiger partial charge on any atom is -0.372 e. The molecule has 2 aromatic carbocycles. The van der Waals surface area contributed by atoms with Crippen molar-refractivity contribution in [3.05, 3.63) is 59.7 Å². The fourth-order valence-electron chi connectivity index (χ4n) is 2.68. The van der Waals surface area contributed by atoms with E-state index in [9.17, 15) is 8.78 Å². The quantitative estimate of drug-likeness (QED) is 0.669. The lowest BCUT2D eigenvalue weighted by Gasteiger charge is -2.28. The first-order chi connectivity index (χ1) is 11.2. The first-order valence-electron chi connectivity index (χ1n) is 7.81. The first-order valence-corrected chi connectivity index (χ1v) is 7.81. The number of piperidine rings is 1. The predicted molar refractivity (Wildman–Crippen MR) is 90.1 cm³/mol. The second-order valence-corrected chi connectivity index (χ2v) is 5.63. The van der Waals surface area contributed by atoms with Crippen molar-refractivity contribution in [1.82, 2.24) is 0 Å². The van der Waals surface area contributed by atoms with Gasteiger partial charge >= 0.3 is 0 Å². The Morgan fingerprint density at radius 2 is 1.70 bits per heavy atom. The summed E-state index contributed by atoms with van der Waals surface area (Å²) in [5.41, 5.74) is 4.87. The molecule has 3 rings (SSSR count). The zero-order valence-electron chi connectivity index (χ0n) is 12.8.